The Hall–Kier alpha value is -3.46. The zero-order chi connectivity index (χ0) is 27.6. The lowest BCUT2D eigenvalue weighted by Gasteiger charge is -2.45. The number of oxime groups is 1. The maximum absolute atomic E-state index is 11.6. The number of carboxylic acid groups (broad SMARTS) is 1. The maximum atomic E-state index is 11.6. The zero-order valence-electron chi connectivity index (χ0n) is 23.4. The number of aliphatic carboxylic acids is 1. The summed E-state index contributed by atoms with van der Waals surface area (Å²) in [6, 6.07) is 12.2. The van der Waals surface area contributed by atoms with Gasteiger partial charge in [0.1, 0.15) is 23.1 Å². The number of hydrogen-bond acceptors (Lipinski definition) is 8. The molecule has 9 heteroatoms. The summed E-state index contributed by atoms with van der Waals surface area (Å²) >= 11 is 0. The Morgan fingerprint density at radius 1 is 1.08 bits per heavy atom. The third kappa shape index (κ3) is 5.50. The second-order valence-corrected chi connectivity index (χ2v) is 11.0. The lowest BCUT2D eigenvalue weighted by molar-refractivity contribution is -0.150. The van der Waals surface area contributed by atoms with Crippen LogP contribution in [0.25, 0.3) is 11.1 Å². The highest BCUT2D eigenvalue weighted by Crippen LogP contribution is 2.43. The molecular formula is C30H39N3O6. The summed E-state index contributed by atoms with van der Waals surface area (Å²) in [5.41, 5.74) is 2.09. The van der Waals surface area contributed by atoms with E-state index in [0.29, 0.717) is 39.1 Å². The van der Waals surface area contributed by atoms with Gasteiger partial charge in [-0.3, -0.25) is 9.69 Å². The number of benzene rings is 2. The molecule has 210 valence electrons. The van der Waals surface area contributed by atoms with Crippen LogP contribution < -0.4 is 14.2 Å². The first-order chi connectivity index (χ1) is 18.8. The Balaban J connectivity index is 1.25. The van der Waals surface area contributed by atoms with Crippen LogP contribution in [0.5, 0.6) is 17.2 Å². The van der Waals surface area contributed by atoms with Crippen LogP contribution >= 0.6 is 0 Å². The van der Waals surface area contributed by atoms with Crippen molar-refractivity contribution in [1.29, 1.82) is 0 Å². The summed E-state index contributed by atoms with van der Waals surface area (Å²) in [5.74, 6) is 2.61. The zero-order valence-corrected chi connectivity index (χ0v) is 23.4. The highest BCUT2D eigenvalue weighted by molar-refractivity contribution is 5.85. The molecule has 0 atom stereocenters. The van der Waals surface area contributed by atoms with Gasteiger partial charge in [-0.25, -0.2) is 0 Å². The van der Waals surface area contributed by atoms with Crippen LogP contribution in [0.1, 0.15) is 45.6 Å². The Labute approximate surface area is 230 Å². The van der Waals surface area contributed by atoms with Gasteiger partial charge < -0.3 is 29.1 Å². The fraction of sp³-hybridized carbons (Fsp3) is 0.533. The van der Waals surface area contributed by atoms with Gasteiger partial charge in [-0.05, 0) is 69.0 Å². The van der Waals surface area contributed by atoms with Gasteiger partial charge in [0.2, 0.25) is 0 Å². The highest BCUT2D eigenvalue weighted by atomic mass is 16.7. The Bertz CT molecular complexity index is 1200. The Morgan fingerprint density at radius 3 is 2.33 bits per heavy atom. The molecule has 39 heavy (non-hydrogen) atoms. The molecule has 0 unspecified atom stereocenters. The van der Waals surface area contributed by atoms with Gasteiger partial charge in [0.05, 0.1) is 37.7 Å². The number of likely N-dealkylation sites (tertiary alicyclic amines) is 2. The molecule has 2 aromatic rings. The molecule has 0 aromatic heterocycles. The van der Waals surface area contributed by atoms with Crippen molar-refractivity contribution in [1.82, 2.24) is 9.80 Å². The third-order valence-corrected chi connectivity index (χ3v) is 8.09. The number of hydrogen-bond donors (Lipinski definition) is 1. The second-order valence-electron chi connectivity index (χ2n) is 11.0. The number of methoxy groups -OCH3 is 1. The van der Waals surface area contributed by atoms with Gasteiger partial charge in [0.25, 0.3) is 0 Å². The molecule has 2 aromatic carbocycles. The number of carboxylic acids is 1. The van der Waals surface area contributed by atoms with Crippen LogP contribution in [0.2, 0.25) is 0 Å². The highest BCUT2D eigenvalue weighted by Gasteiger charge is 2.51. The molecule has 9 nitrogen and oxygen atoms in total. The van der Waals surface area contributed by atoms with E-state index < -0.39 is 11.4 Å². The van der Waals surface area contributed by atoms with E-state index in [1.165, 1.54) is 0 Å². The summed E-state index contributed by atoms with van der Waals surface area (Å²) in [5, 5.41) is 13.9. The molecule has 0 saturated carbocycles. The number of carbonyl (C=O) groups is 1. The first-order valence-electron chi connectivity index (χ1n) is 13.8. The molecule has 0 radical (unpaired) electrons. The van der Waals surface area contributed by atoms with Crippen molar-refractivity contribution < 1.29 is 28.9 Å². The normalized spacial score (nSPS) is 19.7. The topological polar surface area (TPSA) is 93.1 Å². The predicted molar refractivity (Wildman–Crippen MR) is 148 cm³/mol. The van der Waals surface area contributed by atoms with Gasteiger partial charge >= 0.3 is 5.97 Å². The molecule has 1 N–H and O–H groups in total. The minimum absolute atomic E-state index is 0.297. The van der Waals surface area contributed by atoms with Crippen molar-refractivity contribution >= 4 is 11.8 Å². The summed E-state index contributed by atoms with van der Waals surface area (Å²) in [6.07, 6.45) is 2.00. The van der Waals surface area contributed by atoms with Gasteiger partial charge in [0, 0.05) is 32.7 Å². The number of nitrogens with zero attached hydrogens (tertiary/aromatic N) is 3. The molecule has 1 spiro atoms. The van der Waals surface area contributed by atoms with E-state index in [1.807, 2.05) is 45.0 Å². The van der Waals surface area contributed by atoms with E-state index in [2.05, 4.69) is 27.1 Å². The van der Waals surface area contributed by atoms with Crippen molar-refractivity contribution in [3.05, 3.63) is 42.0 Å². The van der Waals surface area contributed by atoms with Crippen LogP contribution in [-0.2, 0) is 16.2 Å². The van der Waals surface area contributed by atoms with Gasteiger partial charge in [0.15, 0.2) is 5.60 Å². The van der Waals surface area contributed by atoms with E-state index in [-0.39, 0.29) is 5.60 Å². The molecule has 3 aliphatic heterocycles. The molecule has 3 heterocycles. The van der Waals surface area contributed by atoms with Gasteiger partial charge in [-0.15, -0.1) is 0 Å². The van der Waals surface area contributed by atoms with E-state index in [1.54, 1.807) is 7.11 Å². The third-order valence-electron chi connectivity index (χ3n) is 8.09. The van der Waals surface area contributed by atoms with Crippen molar-refractivity contribution in [2.45, 2.75) is 52.2 Å². The van der Waals surface area contributed by atoms with Crippen LogP contribution in [0.4, 0.5) is 0 Å². The quantitative estimate of drug-likeness (QED) is 0.495. The van der Waals surface area contributed by atoms with Gasteiger partial charge in [-0.2, -0.15) is 0 Å². The fourth-order valence-corrected chi connectivity index (χ4v) is 5.79. The monoisotopic (exact) mass is 537 g/mol. The van der Waals surface area contributed by atoms with E-state index >= 15 is 0 Å². The minimum Gasteiger partial charge on any atom is -0.497 e. The molecule has 3 aliphatic rings. The largest absolute Gasteiger partial charge is 0.497 e. The first-order valence-corrected chi connectivity index (χ1v) is 13.8. The molecule has 0 bridgehead atoms. The van der Waals surface area contributed by atoms with E-state index in [9.17, 15) is 9.90 Å². The molecule has 2 saturated heterocycles. The number of piperidine rings is 1. The van der Waals surface area contributed by atoms with E-state index in [0.717, 1.165) is 65.8 Å². The van der Waals surface area contributed by atoms with Crippen LogP contribution in [0.15, 0.2) is 41.6 Å². The lowest BCUT2D eigenvalue weighted by Crippen LogP contribution is -2.61. The lowest BCUT2D eigenvalue weighted by atomic mass is 9.80. The summed E-state index contributed by atoms with van der Waals surface area (Å²) in [7, 11) is 1.67. The number of amidine groups is 1. The average Bonchev–Trinajstić information content (AvgIpc) is 3.35. The maximum Gasteiger partial charge on any atom is 0.309 e. The van der Waals surface area contributed by atoms with Crippen molar-refractivity contribution in [3.8, 4) is 28.4 Å². The average molecular weight is 538 g/mol. The van der Waals surface area contributed by atoms with Crippen molar-refractivity contribution in [2.75, 3.05) is 46.5 Å². The van der Waals surface area contributed by atoms with E-state index in [4.69, 9.17) is 19.0 Å². The molecule has 0 amide bonds. The first kappa shape index (κ1) is 27.1. The number of ether oxygens (including phenoxy) is 3. The SMILES string of the molecule is CCOc1cc(CN2CC3(CC(N4CCC(C)(C(=O)O)CC4)=NO3)C2)cc(OCC)c1-c1cccc(OC)c1. The van der Waals surface area contributed by atoms with Crippen LogP contribution in [0, 0.1) is 5.41 Å². The smallest absolute Gasteiger partial charge is 0.309 e. The van der Waals surface area contributed by atoms with Crippen LogP contribution in [-0.4, -0.2) is 78.8 Å². The molecular weight excluding hydrogens is 498 g/mol. The standard InChI is InChI=1S/C30H39N3O6/c1-5-37-24-14-21(15-25(38-6-2)27(24)22-8-7-9-23(16-22)36-4)18-32-19-30(20-32)17-26(31-39-30)33-12-10-29(3,11-13-33)28(34)35/h7-9,14-16H,5-6,10-13,17-20H2,1-4H3,(H,34,35). The number of rotatable bonds is 9. The van der Waals surface area contributed by atoms with Crippen LogP contribution in [0.3, 0.4) is 0 Å². The Kier molecular flexibility index (Phi) is 7.62. The minimum atomic E-state index is -0.714. The summed E-state index contributed by atoms with van der Waals surface area (Å²) in [4.78, 5) is 22.1. The van der Waals surface area contributed by atoms with Crippen molar-refractivity contribution in [3.63, 3.8) is 0 Å². The fourth-order valence-electron chi connectivity index (χ4n) is 5.79. The van der Waals surface area contributed by atoms with Crippen molar-refractivity contribution in [2.24, 2.45) is 10.6 Å². The molecule has 5 rings (SSSR count). The Morgan fingerprint density at radius 2 is 1.74 bits per heavy atom. The summed E-state index contributed by atoms with van der Waals surface area (Å²) in [6.45, 7) is 10.6. The predicted octanol–water partition coefficient (Wildman–Crippen LogP) is 4.63. The molecule has 0 aliphatic carbocycles. The summed E-state index contributed by atoms with van der Waals surface area (Å²) < 4.78 is 17.7. The molecule has 2 fully saturated rings. The van der Waals surface area contributed by atoms with Gasteiger partial charge in [-0.1, -0.05) is 17.3 Å². The second kappa shape index (κ2) is 11.0.